The van der Waals surface area contributed by atoms with E-state index in [1.165, 1.54) is 16.8 Å². The molecule has 2 aromatic carbocycles. The van der Waals surface area contributed by atoms with Crippen LogP contribution in [-0.4, -0.2) is 14.6 Å². The van der Waals surface area contributed by atoms with E-state index in [0.29, 0.717) is 15.7 Å². The number of nitrogens with one attached hydrogen (secondary N) is 1. The Morgan fingerprint density at radius 1 is 0.958 bits per heavy atom. The number of H-pyrrole nitrogens is 1. The number of hydrogen-bond acceptors (Lipinski definition) is 2. The van der Waals surface area contributed by atoms with Gasteiger partial charge in [-0.25, -0.2) is 9.50 Å². The van der Waals surface area contributed by atoms with Crippen LogP contribution in [0.3, 0.4) is 0 Å². The predicted molar refractivity (Wildman–Crippen MR) is 96.7 cm³/mol. The van der Waals surface area contributed by atoms with Gasteiger partial charge in [0.1, 0.15) is 0 Å². The van der Waals surface area contributed by atoms with Crippen molar-refractivity contribution in [1.82, 2.24) is 14.6 Å². The molecule has 24 heavy (non-hydrogen) atoms. The molecule has 4 aromatic rings. The van der Waals surface area contributed by atoms with Gasteiger partial charge in [-0.3, -0.25) is 9.89 Å². The van der Waals surface area contributed by atoms with Gasteiger partial charge in [-0.05, 0) is 23.8 Å². The monoisotopic (exact) mass is 355 g/mol. The molecule has 0 saturated carbocycles. The maximum atomic E-state index is 12.2. The Hall–Kier alpha value is -2.56. The van der Waals surface area contributed by atoms with Crippen molar-refractivity contribution in [2.75, 3.05) is 0 Å². The number of aromatic amines is 1. The predicted octanol–water partition coefficient (Wildman–Crippen LogP) is 4.66. The quantitative estimate of drug-likeness (QED) is 0.568. The standard InChI is InChI=1S/C18H11Cl2N3O/c19-12-7-5-11(6-8-12)16-17(13-3-1-2-4-14(13)20)22-23-15(24)9-10-21-18(16)23/h1-10,22H. The summed E-state index contributed by atoms with van der Waals surface area (Å²) in [7, 11) is 0. The lowest BCUT2D eigenvalue weighted by Crippen LogP contribution is -2.12. The molecule has 0 bridgehead atoms. The first-order valence-electron chi connectivity index (χ1n) is 7.26. The first-order chi connectivity index (χ1) is 11.6. The number of hydrogen-bond donors (Lipinski definition) is 1. The van der Waals surface area contributed by atoms with Crippen LogP contribution in [-0.2, 0) is 0 Å². The van der Waals surface area contributed by atoms with Crippen molar-refractivity contribution in [3.63, 3.8) is 0 Å². The molecule has 6 heteroatoms. The Kier molecular flexibility index (Phi) is 3.63. The number of aromatic nitrogens is 3. The van der Waals surface area contributed by atoms with Crippen LogP contribution in [0, 0.1) is 0 Å². The SMILES string of the molecule is O=c1ccnc2c(-c3ccc(Cl)cc3)c(-c3ccccc3Cl)[nH]n12. The topological polar surface area (TPSA) is 50.2 Å². The summed E-state index contributed by atoms with van der Waals surface area (Å²) in [5.41, 5.74) is 3.59. The van der Waals surface area contributed by atoms with Crippen LogP contribution in [0.1, 0.15) is 0 Å². The van der Waals surface area contributed by atoms with E-state index < -0.39 is 0 Å². The van der Waals surface area contributed by atoms with Crippen molar-refractivity contribution in [1.29, 1.82) is 0 Å². The van der Waals surface area contributed by atoms with Gasteiger partial charge in [-0.1, -0.05) is 53.5 Å². The summed E-state index contributed by atoms with van der Waals surface area (Å²) in [5.74, 6) is 0. The van der Waals surface area contributed by atoms with Gasteiger partial charge in [0, 0.05) is 27.9 Å². The largest absolute Gasteiger partial charge is 0.288 e. The average Bonchev–Trinajstić information content (AvgIpc) is 2.97. The summed E-state index contributed by atoms with van der Waals surface area (Å²) in [6.45, 7) is 0. The lowest BCUT2D eigenvalue weighted by atomic mass is 10.0. The maximum Gasteiger partial charge on any atom is 0.272 e. The summed E-state index contributed by atoms with van der Waals surface area (Å²) in [5, 5.41) is 4.36. The summed E-state index contributed by atoms with van der Waals surface area (Å²) < 4.78 is 1.42. The van der Waals surface area contributed by atoms with E-state index >= 15 is 0 Å². The van der Waals surface area contributed by atoms with E-state index in [2.05, 4.69) is 10.1 Å². The minimum Gasteiger partial charge on any atom is -0.288 e. The molecule has 0 amide bonds. The average molecular weight is 356 g/mol. The summed E-state index contributed by atoms with van der Waals surface area (Å²) in [6, 6.07) is 16.3. The highest BCUT2D eigenvalue weighted by atomic mass is 35.5. The summed E-state index contributed by atoms with van der Waals surface area (Å²) in [6.07, 6.45) is 1.50. The molecule has 0 aliphatic heterocycles. The highest BCUT2D eigenvalue weighted by Gasteiger charge is 2.18. The smallest absolute Gasteiger partial charge is 0.272 e. The van der Waals surface area contributed by atoms with Gasteiger partial charge < -0.3 is 0 Å². The fourth-order valence-corrected chi connectivity index (χ4v) is 3.08. The third-order valence-corrected chi connectivity index (χ3v) is 4.40. The van der Waals surface area contributed by atoms with Crippen molar-refractivity contribution < 1.29 is 0 Å². The fourth-order valence-electron chi connectivity index (χ4n) is 2.72. The molecule has 0 radical (unpaired) electrons. The molecular weight excluding hydrogens is 345 g/mol. The Morgan fingerprint density at radius 3 is 2.46 bits per heavy atom. The molecule has 0 fully saturated rings. The van der Waals surface area contributed by atoms with Crippen molar-refractivity contribution in [3.8, 4) is 22.4 Å². The van der Waals surface area contributed by atoms with Crippen LogP contribution in [0.4, 0.5) is 0 Å². The molecule has 2 aromatic heterocycles. The first-order valence-corrected chi connectivity index (χ1v) is 8.01. The molecule has 0 atom stereocenters. The Morgan fingerprint density at radius 2 is 1.71 bits per heavy atom. The van der Waals surface area contributed by atoms with Crippen LogP contribution < -0.4 is 5.56 Å². The second-order valence-electron chi connectivity index (χ2n) is 5.29. The molecule has 2 heterocycles. The van der Waals surface area contributed by atoms with Crippen molar-refractivity contribution in [2.24, 2.45) is 0 Å². The van der Waals surface area contributed by atoms with E-state index in [-0.39, 0.29) is 5.56 Å². The third kappa shape index (κ3) is 2.40. The van der Waals surface area contributed by atoms with E-state index in [0.717, 1.165) is 22.4 Å². The van der Waals surface area contributed by atoms with Gasteiger partial charge in [0.05, 0.1) is 11.3 Å². The Bertz CT molecular complexity index is 1100. The first kappa shape index (κ1) is 15.0. The van der Waals surface area contributed by atoms with Crippen LogP contribution in [0.2, 0.25) is 10.0 Å². The van der Waals surface area contributed by atoms with Crippen LogP contribution in [0.25, 0.3) is 28.0 Å². The van der Waals surface area contributed by atoms with Crippen LogP contribution in [0.15, 0.2) is 65.6 Å². The molecule has 4 nitrogen and oxygen atoms in total. The molecule has 1 N–H and O–H groups in total. The van der Waals surface area contributed by atoms with Crippen molar-refractivity contribution >= 4 is 28.8 Å². The minimum absolute atomic E-state index is 0.187. The maximum absolute atomic E-state index is 12.2. The van der Waals surface area contributed by atoms with E-state index in [1.54, 1.807) is 12.1 Å². The lowest BCUT2D eigenvalue weighted by Gasteiger charge is -2.06. The molecule has 0 aliphatic rings. The highest BCUT2D eigenvalue weighted by Crippen LogP contribution is 2.37. The van der Waals surface area contributed by atoms with Gasteiger partial charge in [0.25, 0.3) is 5.56 Å². The molecule has 0 saturated heterocycles. The van der Waals surface area contributed by atoms with Gasteiger partial charge in [-0.15, -0.1) is 0 Å². The van der Waals surface area contributed by atoms with Crippen molar-refractivity contribution in [3.05, 3.63) is 81.2 Å². The molecule has 118 valence electrons. The van der Waals surface area contributed by atoms with Gasteiger partial charge in [-0.2, -0.15) is 0 Å². The minimum atomic E-state index is -0.187. The zero-order chi connectivity index (χ0) is 16.7. The molecule has 4 rings (SSSR count). The number of halogens is 2. The van der Waals surface area contributed by atoms with E-state index in [9.17, 15) is 4.79 Å². The summed E-state index contributed by atoms with van der Waals surface area (Å²) >= 11 is 12.4. The normalized spacial score (nSPS) is 11.1. The number of rotatable bonds is 2. The van der Waals surface area contributed by atoms with Crippen LogP contribution in [0.5, 0.6) is 0 Å². The summed E-state index contributed by atoms with van der Waals surface area (Å²) in [4.78, 5) is 16.6. The van der Waals surface area contributed by atoms with Crippen LogP contribution >= 0.6 is 23.2 Å². The highest BCUT2D eigenvalue weighted by molar-refractivity contribution is 6.33. The molecule has 0 unspecified atom stereocenters. The second-order valence-corrected chi connectivity index (χ2v) is 6.13. The fraction of sp³-hybridized carbons (Fsp3) is 0. The molecule has 0 aliphatic carbocycles. The van der Waals surface area contributed by atoms with Gasteiger partial charge in [0.15, 0.2) is 5.65 Å². The molecule has 0 spiro atoms. The van der Waals surface area contributed by atoms with Gasteiger partial charge in [0.2, 0.25) is 0 Å². The second kappa shape index (κ2) is 5.82. The molecular formula is C18H11Cl2N3O. The Labute approximate surface area is 147 Å². The van der Waals surface area contributed by atoms with E-state index in [4.69, 9.17) is 23.2 Å². The number of nitrogens with zero attached hydrogens (tertiary/aromatic N) is 2. The third-order valence-electron chi connectivity index (χ3n) is 3.82. The lowest BCUT2D eigenvalue weighted by molar-refractivity contribution is 0.903. The van der Waals surface area contributed by atoms with E-state index in [1.807, 2.05) is 36.4 Å². The van der Waals surface area contributed by atoms with Gasteiger partial charge >= 0.3 is 0 Å². The number of benzene rings is 2. The Balaban J connectivity index is 2.12. The zero-order valence-electron chi connectivity index (χ0n) is 12.3. The zero-order valence-corrected chi connectivity index (χ0v) is 13.8. The van der Waals surface area contributed by atoms with Crippen molar-refractivity contribution in [2.45, 2.75) is 0 Å². The number of fused-ring (bicyclic) bond motifs is 1.